The molecule has 0 bridgehead atoms. The van der Waals surface area contributed by atoms with Gasteiger partial charge in [-0.25, -0.2) is 4.39 Å². The fourth-order valence-electron chi connectivity index (χ4n) is 4.88. The zero-order valence-electron chi connectivity index (χ0n) is 19.8. The van der Waals surface area contributed by atoms with Crippen molar-refractivity contribution in [1.29, 1.82) is 0 Å². The first-order valence-electron chi connectivity index (χ1n) is 12.5. The number of unbranched alkanes of at least 4 members (excludes halogenated alkanes) is 2. The van der Waals surface area contributed by atoms with E-state index in [9.17, 15) is 4.39 Å². The molecule has 0 saturated heterocycles. The second-order valence-electron chi connectivity index (χ2n) is 9.23. The summed E-state index contributed by atoms with van der Waals surface area (Å²) >= 11 is 6.33. The minimum absolute atomic E-state index is 0.221. The molecular formula is C31H34ClF. The van der Waals surface area contributed by atoms with Gasteiger partial charge in [0, 0.05) is 5.56 Å². The molecule has 0 fully saturated rings. The van der Waals surface area contributed by atoms with E-state index in [2.05, 4.69) is 61.5 Å². The van der Waals surface area contributed by atoms with Crippen LogP contribution >= 0.6 is 11.6 Å². The summed E-state index contributed by atoms with van der Waals surface area (Å²) < 4.78 is 14.4. The first-order valence-corrected chi connectivity index (χ1v) is 12.8. The van der Waals surface area contributed by atoms with Gasteiger partial charge in [-0.2, -0.15) is 0 Å². The Morgan fingerprint density at radius 1 is 0.879 bits per heavy atom. The van der Waals surface area contributed by atoms with E-state index in [1.165, 1.54) is 54.4 Å². The lowest BCUT2D eigenvalue weighted by molar-refractivity contribution is 0.613. The SMILES string of the molecule is CCCCCc1ccc(C2CC=C(c3ccc(-c4ccc(CC)c(F)c4Cl)cc3)CC2)cc1. The molecule has 4 rings (SSSR count). The molecule has 1 atom stereocenters. The average molecular weight is 461 g/mol. The van der Waals surface area contributed by atoms with E-state index in [0.29, 0.717) is 17.9 Å². The van der Waals surface area contributed by atoms with Crippen molar-refractivity contribution >= 4 is 17.2 Å². The van der Waals surface area contributed by atoms with Gasteiger partial charge in [-0.3, -0.25) is 0 Å². The van der Waals surface area contributed by atoms with Crippen LogP contribution in [0.2, 0.25) is 5.02 Å². The number of hydrogen-bond donors (Lipinski definition) is 0. The first-order chi connectivity index (χ1) is 16.1. The Kier molecular flexibility index (Phi) is 8.04. The Morgan fingerprint density at radius 3 is 2.24 bits per heavy atom. The quantitative estimate of drug-likeness (QED) is 0.293. The molecule has 172 valence electrons. The minimum atomic E-state index is -0.296. The third-order valence-corrected chi connectivity index (χ3v) is 7.41. The van der Waals surface area contributed by atoms with Crippen LogP contribution in [0.4, 0.5) is 4.39 Å². The molecule has 0 saturated carbocycles. The fraction of sp³-hybridized carbons (Fsp3) is 0.355. The van der Waals surface area contributed by atoms with E-state index in [1.807, 2.05) is 19.1 Å². The Hall–Kier alpha value is -2.38. The van der Waals surface area contributed by atoms with Gasteiger partial charge in [0.2, 0.25) is 0 Å². The van der Waals surface area contributed by atoms with Crippen molar-refractivity contribution in [2.75, 3.05) is 0 Å². The highest BCUT2D eigenvalue weighted by atomic mass is 35.5. The lowest BCUT2D eigenvalue weighted by atomic mass is 9.82. The van der Waals surface area contributed by atoms with Crippen LogP contribution in [0, 0.1) is 5.82 Å². The molecule has 3 aromatic rings. The molecule has 1 aliphatic carbocycles. The Labute approximate surface area is 203 Å². The van der Waals surface area contributed by atoms with Gasteiger partial charge in [-0.1, -0.05) is 105 Å². The third-order valence-electron chi connectivity index (χ3n) is 7.04. The maximum atomic E-state index is 14.4. The number of hydrogen-bond acceptors (Lipinski definition) is 0. The number of aryl methyl sites for hydroxylation is 2. The van der Waals surface area contributed by atoms with Gasteiger partial charge in [-0.15, -0.1) is 0 Å². The zero-order valence-corrected chi connectivity index (χ0v) is 20.6. The summed E-state index contributed by atoms with van der Waals surface area (Å²) in [7, 11) is 0. The molecule has 0 N–H and O–H groups in total. The Morgan fingerprint density at radius 2 is 1.61 bits per heavy atom. The van der Waals surface area contributed by atoms with Gasteiger partial charge in [0.05, 0.1) is 5.02 Å². The Balaban J connectivity index is 1.42. The van der Waals surface area contributed by atoms with Crippen molar-refractivity contribution in [3.05, 3.63) is 99.8 Å². The average Bonchev–Trinajstić information content (AvgIpc) is 2.87. The maximum Gasteiger partial charge on any atom is 0.145 e. The van der Waals surface area contributed by atoms with Crippen LogP contribution in [-0.2, 0) is 12.8 Å². The van der Waals surface area contributed by atoms with E-state index < -0.39 is 0 Å². The molecule has 1 unspecified atom stereocenters. The van der Waals surface area contributed by atoms with Gasteiger partial charge in [0.25, 0.3) is 0 Å². The Bertz CT molecular complexity index is 1090. The summed E-state index contributed by atoms with van der Waals surface area (Å²) in [4.78, 5) is 0. The lowest BCUT2D eigenvalue weighted by Gasteiger charge is -2.23. The lowest BCUT2D eigenvalue weighted by Crippen LogP contribution is -2.04. The molecule has 0 aliphatic heterocycles. The second kappa shape index (κ2) is 11.2. The van der Waals surface area contributed by atoms with Gasteiger partial charge in [-0.05, 0) is 77.8 Å². The molecule has 0 aromatic heterocycles. The summed E-state index contributed by atoms with van der Waals surface area (Å²) in [5.74, 6) is 0.312. The van der Waals surface area contributed by atoms with Gasteiger partial charge >= 0.3 is 0 Å². The number of rotatable bonds is 8. The summed E-state index contributed by atoms with van der Waals surface area (Å²) in [5.41, 5.74) is 7.97. The van der Waals surface area contributed by atoms with Crippen molar-refractivity contribution in [2.45, 2.75) is 71.1 Å². The van der Waals surface area contributed by atoms with Crippen molar-refractivity contribution in [2.24, 2.45) is 0 Å². The van der Waals surface area contributed by atoms with E-state index in [0.717, 1.165) is 24.0 Å². The number of allylic oxidation sites excluding steroid dienone is 2. The molecular weight excluding hydrogens is 427 g/mol. The van der Waals surface area contributed by atoms with Crippen LogP contribution in [0.5, 0.6) is 0 Å². The van der Waals surface area contributed by atoms with Crippen LogP contribution in [-0.4, -0.2) is 0 Å². The molecule has 0 nitrogen and oxygen atoms in total. The maximum absolute atomic E-state index is 14.4. The van der Waals surface area contributed by atoms with Crippen molar-refractivity contribution < 1.29 is 4.39 Å². The van der Waals surface area contributed by atoms with Crippen LogP contribution in [0.1, 0.15) is 80.5 Å². The molecule has 0 amide bonds. The largest absolute Gasteiger partial charge is 0.205 e. The molecule has 0 radical (unpaired) electrons. The normalized spacial score (nSPS) is 16.0. The smallest absolute Gasteiger partial charge is 0.145 e. The predicted octanol–water partition coefficient (Wildman–Crippen LogP) is 9.79. The predicted molar refractivity (Wildman–Crippen MR) is 140 cm³/mol. The van der Waals surface area contributed by atoms with E-state index in [-0.39, 0.29) is 10.8 Å². The van der Waals surface area contributed by atoms with E-state index >= 15 is 0 Å². The molecule has 3 aromatic carbocycles. The zero-order chi connectivity index (χ0) is 23.2. The van der Waals surface area contributed by atoms with Crippen molar-refractivity contribution in [3.8, 4) is 11.1 Å². The summed E-state index contributed by atoms with van der Waals surface area (Å²) in [6.45, 7) is 4.19. The highest BCUT2D eigenvalue weighted by Crippen LogP contribution is 2.37. The van der Waals surface area contributed by atoms with Crippen LogP contribution < -0.4 is 0 Å². The number of halogens is 2. The summed E-state index contributed by atoms with van der Waals surface area (Å²) in [5, 5.41) is 0.221. The highest BCUT2D eigenvalue weighted by Gasteiger charge is 2.18. The summed E-state index contributed by atoms with van der Waals surface area (Å²) in [6.07, 6.45) is 11.5. The minimum Gasteiger partial charge on any atom is -0.205 e. The van der Waals surface area contributed by atoms with Gasteiger partial charge < -0.3 is 0 Å². The van der Waals surface area contributed by atoms with E-state index in [4.69, 9.17) is 11.6 Å². The standard InChI is InChI=1S/C31H34ClF/c1-3-5-6-7-22-8-10-24(11-9-22)25-12-14-26(15-13-25)27-16-18-28(19-17-27)29-21-20-23(4-2)31(33)30(29)32/h8-11,14,16-21,25H,3-7,12-13,15H2,1-2H3. The molecule has 0 heterocycles. The first kappa shape index (κ1) is 23.8. The molecule has 2 heteroatoms. The molecule has 1 aliphatic rings. The second-order valence-corrected chi connectivity index (χ2v) is 9.61. The van der Waals surface area contributed by atoms with Crippen LogP contribution in [0.25, 0.3) is 16.7 Å². The molecule has 33 heavy (non-hydrogen) atoms. The van der Waals surface area contributed by atoms with Crippen LogP contribution in [0.15, 0.2) is 66.7 Å². The van der Waals surface area contributed by atoms with E-state index in [1.54, 1.807) is 0 Å². The van der Waals surface area contributed by atoms with Gasteiger partial charge in [0.15, 0.2) is 0 Å². The topological polar surface area (TPSA) is 0 Å². The fourth-order valence-corrected chi connectivity index (χ4v) is 5.18. The monoisotopic (exact) mass is 460 g/mol. The van der Waals surface area contributed by atoms with Crippen molar-refractivity contribution in [3.63, 3.8) is 0 Å². The third kappa shape index (κ3) is 5.58. The van der Waals surface area contributed by atoms with Crippen LogP contribution in [0.3, 0.4) is 0 Å². The van der Waals surface area contributed by atoms with Gasteiger partial charge in [0.1, 0.15) is 5.82 Å². The highest BCUT2D eigenvalue weighted by molar-refractivity contribution is 6.33. The van der Waals surface area contributed by atoms with Crippen molar-refractivity contribution in [1.82, 2.24) is 0 Å². The molecule has 0 spiro atoms. The summed E-state index contributed by atoms with van der Waals surface area (Å²) in [6, 6.07) is 21.5. The number of benzene rings is 3.